The molecule has 2 heterocycles. The number of carbonyl (C=O) groups excluding carboxylic acids is 1. The summed E-state index contributed by atoms with van der Waals surface area (Å²) in [6.07, 6.45) is 6.15. The van der Waals surface area contributed by atoms with Crippen molar-refractivity contribution in [1.29, 1.82) is 0 Å². The molecule has 0 unspecified atom stereocenters. The number of H-pyrrole nitrogens is 1. The van der Waals surface area contributed by atoms with Gasteiger partial charge in [-0.25, -0.2) is 0 Å². The molecule has 0 saturated heterocycles. The summed E-state index contributed by atoms with van der Waals surface area (Å²) >= 11 is 0. The normalized spacial score (nSPS) is 10.6. The largest absolute Gasteiger partial charge is 0.360 e. The SMILES string of the molecule is O=Cc1c[nH]c2ccc(-c3cccnc3)cc12. The maximum absolute atomic E-state index is 10.9. The van der Waals surface area contributed by atoms with Gasteiger partial charge in [-0.05, 0) is 23.8 Å². The van der Waals surface area contributed by atoms with Crippen LogP contribution in [-0.2, 0) is 0 Å². The third-order valence-corrected chi connectivity index (χ3v) is 2.84. The van der Waals surface area contributed by atoms with Crippen LogP contribution >= 0.6 is 0 Å². The van der Waals surface area contributed by atoms with Crippen LogP contribution in [0.15, 0.2) is 48.9 Å². The van der Waals surface area contributed by atoms with Crippen molar-refractivity contribution in [3.05, 3.63) is 54.5 Å². The summed E-state index contributed by atoms with van der Waals surface area (Å²) in [7, 11) is 0. The Bertz CT molecular complexity index is 671. The number of nitrogens with zero attached hydrogens (tertiary/aromatic N) is 1. The zero-order valence-electron chi connectivity index (χ0n) is 9.05. The number of hydrogen-bond donors (Lipinski definition) is 1. The summed E-state index contributed by atoms with van der Waals surface area (Å²) < 4.78 is 0. The van der Waals surface area contributed by atoms with Crippen molar-refractivity contribution in [2.75, 3.05) is 0 Å². The molecule has 0 spiro atoms. The van der Waals surface area contributed by atoms with Crippen molar-refractivity contribution in [2.24, 2.45) is 0 Å². The number of nitrogens with one attached hydrogen (secondary N) is 1. The molecule has 0 saturated carbocycles. The summed E-state index contributed by atoms with van der Waals surface area (Å²) in [5.41, 5.74) is 3.77. The molecule has 0 aliphatic heterocycles. The van der Waals surface area contributed by atoms with E-state index < -0.39 is 0 Å². The molecule has 3 nitrogen and oxygen atoms in total. The predicted molar refractivity (Wildman–Crippen MR) is 66.9 cm³/mol. The predicted octanol–water partition coefficient (Wildman–Crippen LogP) is 3.04. The van der Waals surface area contributed by atoms with Crippen LogP contribution in [0.2, 0.25) is 0 Å². The average Bonchev–Trinajstić information content (AvgIpc) is 2.81. The molecular formula is C14H10N2O. The molecule has 1 aromatic carbocycles. The third kappa shape index (κ3) is 1.61. The van der Waals surface area contributed by atoms with Gasteiger partial charge in [0.15, 0.2) is 6.29 Å². The Kier molecular flexibility index (Phi) is 2.22. The highest BCUT2D eigenvalue weighted by Crippen LogP contribution is 2.25. The van der Waals surface area contributed by atoms with Gasteiger partial charge in [0.2, 0.25) is 0 Å². The summed E-state index contributed by atoms with van der Waals surface area (Å²) in [5.74, 6) is 0. The van der Waals surface area contributed by atoms with E-state index in [-0.39, 0.29) is 0 Å². The van der Waals surface area contributed by atoms with Gasteiger partial charge in [-0.1, -0.05) is 12.1 Å². The Labute approximate surface area is 98.1 Å². The quantitative estimate of drug-likeness (QED) is 0.677. The molecule has 0 aliphatic rings. The van der Waals surface area contributed by atoms with Crippen molar-refractivity contribution in [2.45, 2.75) is 0 Å². The highest BCUT2D eigenvalue weighted by molar-refractivity contribution is 5.99. The fourth-order valence-corrected chi connectivity index (χ4v) is 1.95. The van der Waals surface area contributed by atoms with Crippen LogP contribution in [0.3, 0.4) is 0 Å². The molecule has 1 N–H and O–H groups in total. The van der Waals surface area contributed by atoms with E-state index in [0.29, 0.717) is 5.56 Å². The van der Waals surface area contributed by atoms with Crippen LogP contribution in [0.25, 0.3) is 22.0 Å². The molecule has 82 valence electrons. The highest BCUT2D eigenvalue weighted by Gasteiger charge is 2.04. The second-order valence-corrected chi connectivity index (χ2v) is 3.86. The summed E-state index contributed by atoms with van der Waals surface area (Å²) in [6, 6.07) is 9.90. The Morgan fingerprint density at radius 2 is 2.12 bits per heavy atom. The average molecular weight is 222 g/mol. The number of aldehydes is 1. The van der Waals surface area contributed by atoms with Gasteiger partial charge in [0.25, 0.3) is 0 Å². The molecule has 0 atom stereocenters. The van der Waals surface area contributed by atoms with Crippen LogP contribution in [0, 0.1) is 0 Å². The van der Waals surface area contributed by atoms with Crippen molar-refractivity contribution < 1.29 is 4.79 Å². The molecule has 0 aliphatic carbocycles. The molecule has 3 rings (SSSR count). The Morgan fingerprint density at radius 1 is 1.18 bits per heavy atom. The molecule has 0 bridgehead atoms. The maximum Gasteiger partial charge on any atom is 0.152 e. The molecule has 0 amide bonds. The van der Waals surface area contributed by atoms with Crippen LogP contribution in [0.4, 0.5) is 0 Å². The van der Waals surface area contributed by atoms with Crippen molar-refractivity contribution in [1.82, 2.24) is 9.97 Å². The van der Waals surface area contributed by atoms with Crippen molar-refractivity contribution in [3.63, 3.8) is 0 Å². The first kappa shape index (κ1) is 9.78. The first-order chi connectivity index (χ1) is 8.38. The molecular weight excluding hydrogens is 212 g/mol. The first-order valence-corrected chi connectivity index (χ1v) is 5.35. The minimum atomic E-state index is 0.686. The number of aromatic nitrogens is 2. The summed E-state index contributed by atoms with van der Waals surface area (Å²) in [6.45, 7) is 0. The van der Waals surface area contributed by atoms with E-state index in [1.54, 1.807) is 12.4 Å². The van der Waals surface area contributed by atoms with Gasteiger partial charge in [0, 0.05) is 40.6 Å². The monoisotopic (exact) mass is 222 g/mol. The van der Waals surface area contributed by atoms with Gasteiger partial charge in [-0.15, -0.1) is 0 Å². The number of rotatable bonds is 2. The van der Waals surface area contributed by atoms with Crippen LogP contribution < -0.4 is 0 Å². The molecule has 3 heteroatoms. The van der Waals surface area contributed by atoms with E-state index in [2.05, 4.69) is 9.97 Å². The van der Waals surface area contributed by atoms with E-state index in [1.165, 1.54) is 0 Å². The Balaban J connectivity index is 2.22. The summed E-state index contributed by atoms with van der Waals surface area (Å²) in [4.78, 5) is 18.1. The van der Waals surface area contributed by atoms with Gasteiger partial charge in [-0.3, -0.25) is 9.78 Å². The smallest absolute Gasteiger partial charge is 0.152 e. The fourth-order valence-electron chi connectivity index (χ4n) is 1.95. The lowest BCUT2D eigenvalue weighted by Crippen LogP contribution is -1.80. The van der Waals surface area contributed by atoms with Gasteiger partial charge in [0.05, 0.1) is 0 Å². The van der Waals surface area contributed by atoms with Crippen LogP contribution in [-0.4, -0.2) is 16.3 Å². The van der Waals surface area contributed by atoms with E-state index in [0.717, 1.165) is 28.3 Å². The Morgan fingerprint density at radius 3 is 2.88 bits per heavy atom. The second-order valence-electron chi connectivity index (χ2n) is 3.86. The fraction of sp³-hybridized carbons (Fsp3) is 0. The lowest BCUT2D eigenvalue weighted by molar-refractivity contribution is 0.112. The highest BCUT2D eigenvalue weighted by atomic mass is 16.1. The lowest BCUT2D eigenvalue weighted by Gasteiger charge is -2.01. The number of benzene rings is 1. The zero-order valence-corrected chi connectivity index (χ0v) is 9.05. The van der Waals surface area contributed by atoms with Gasteiger partial charge < -0.3 is 4.98 Å². The van der Waals surface area contributed by atoms with E-state index in [4.69, 9.17) is 0 Å². The second kappa shape index (κ2) is 3.87. The van der Waals surface area contributed by atoms with E-state index in [1.807, 2.05) is 36.5 Å². The van der Waals surface area contributed by atoms with Crippen LogP contribution in [0.5, 0.6) is 0 Å². The van der Waals surface area contributed by atoms with Gasteiger partial charge in [-0.2, -0.15) is 0 Å². The zero-order chi connectivity index (χ0) is 11.7. The topological polar surface area (TPSA) is 45.8 Å². The third-order valence-electron chi connectivity index (χ3n) is 2.84. The number of aromatic amines is 1. The Hall–Kier alpha value is -2.42. The number of fused-ring (bicyclic) bond motifs is 1. The molecule has 0 radical (unpaired) electrons. The standard InChI is InChI=1S/C14H10N2O/c17-9-12-8-16-14-4-3-10(6-13(12)14)11-2-1-5-15-7-11/h1-9,16H. The number of carbonyl (C=O) groups is 1. The van der Waals surface area contributed by atoms with E-state index in [9.17, 15) is 4.79 Å². The van der Waals surface area contributed by atoms with Crippen molar-refractivity contribution in [3.8, 4) is 11.1 Å². The van der Waals surface area contributed by atoms with Gasteiger partial charge in [0.1, 0.15) is 0 Å². The van der Waals surface area contributed by atoms with Gasteiger partial charge >= 0.3 is 0 Å². The van der Waals surface area contributed by atoms with Crippen molar-refractivity contribution >= 4 is 17.2 Å². The number of pyridine rings is 1. The first-order valence-electron chi connectivity index (χ1n) is 5.35. The molecule has 17 heavy (non-hydrogen) atoms. The van der Waals surface area contributed by atoms with E-state index >= 15 is 0 Å². The summed E-state index contributed by atoms with van der Waals surface area (Å²) in [5, 5.41) is 0.946. The minimum absolute atomic E-state index is 0.686. The van der Waals surface area contributed by atoms with Crippen LogP contribution in [0.1, 0.15) is 10.4 Å². The minimum Gasteiger partial charge on any atom is -0.360 e. The number of hydrogen-bond acceptors (Lipinski definition) is 2. The molecule has 2 aromatic heterocycles. The molecule has 0 fully saturated rings. The molecule has 3 aromatic rings. The maximum atomic E-state index is 10.9. The lowest BCUT2D eigenvalue weighted by atomic mass is 10.0.